The molecule has 5 heteroatoms. The zero-order chi connectivity index (χ0) is 14.7. The number of hydrogen-bond acceptors (Lipinski definition) is 3. The molecular formula is C15H20N2O3. The Morgan fingerprint density at radius 3 is 2.60 bits per heavy atom. The molecule has 1 amide bonds. The first-order chi connectivity index (χ1) is 9.52. The van der Waals surface area contributed by atoms with Crippen LogP contribution in [0.3, 0.4) is 0 Å². The van der Waals surface area contributed by atoms with Crippen LogP contribution in [-0.2, 0) is 0 Å². The van der Waals surface area contributed by atoms with Crippen molar-refractivity contribution in [2.75, 3.05) is 26.2 Å². The molecule has 1 heterocycles. The summed E-state index contributed by atoms with van der Waals surface area (Å²) in [5.74, 6) is -1.10. The lowest BCUT2D eigenvalue weighted by molar-refractivity contribution is 0.0528. The van der Waals surface area contributed by atoms with Crippen molar-refractivity contribution in [1.82, 2.24) is 9.80 Å². The molecule has 20 heavy (non-hydrogen) atoms. The molecule has 0 spiro atoms. The van der Waals surface area contributed by atoms with E-state index >= 15 is 0 Å². The van der Waals surface area contributed by atoms with Crippen LogP contribution in [-0.4, -0.2) is 59.0 Å². The molecule has 1 aliphatic rings. The second-order valence-corrected chi connectivity index (χ2v) is 5.11. The molecule has 0 radical (unpaired) electrons. The molecule has 0 aliphatic carbocycles. The zero-order valence-corrected chi connectivity index (χ0v) is 11.9. The van der Waals surface area contributed by atoms with Crippen LogP contribution in [0.25, 0.3) is 0 Å². The molecule has 1 aromatic carbocycles. The summed E-state index contributed by atoms with van der Waals surface area (Å²) < 4.78 is 0. The maximum absolute atomic E-state index is 12.4. The number of likely N-dealkylation sites (N-methyl/N-ethyl adjacent to an activating group) is 1. The smallest absolute Gasteiger partial charge is 0.335 e. The lowest BCUT2D eigenvalue weighted by atomic mass is 10.1. The van der Waals surface area contributed by atoms with Gasteiger partial charge in [-0.15, -0.1) is 0 Å². The summed E-state index contributed by atoms with van der Waals surface area (Å²) in [5, 5.41) is 8.98. The van der Waals surface area contributed by atoms with Gasteiger partial charge in [0.1, 0.15) is 0 Å². The van der Waals surface area contributed by atoms with Crippen LogP contribution in [0.1, 0.15) is 34.6 Å². The Kier molecular flexibility index (Phi) is 4.39. The van der Waals surface area contributed by atoms with E-state index in [1.165, 1.54) is 12.1 Å². The fourth-order valence-corrected chi connectivity index (χ4v) is 2.62. The molecule has 0 saturated carbocycles. The second-order valence-electron chi connectivity index (χ2n) is 5.11. The van der Waals surface area contributed by atoms with Crippen LogP contribution >= 0.6 is 0 Å². The van der Waals surface area contributed by atoms with E-state index in [-0.39, 0.29) is 11.5 Å². The minimum Gasteiger partial charge on any atom is -0.478 e. The molecule has 1 aliphatic heterocycles. The Bertz CT molecular complexity index is 516. The first kappa shape index (κ1) is 14.5. The van der Waals surface area contributed by atoms with Crippen LogP contribution in [0, 0.1) is 0 Å². The molecule has 1 N–H and O–H groups in total. The molecule has 5 nitrogen and oxygen atoms in total. The average Bonchev–Trinajstić information content (AvgIpc) is 2.46. The van der Waals surface area contributed by atoms with E-state index in [0.717, 1.165) is 13.1 Å². The quantitative estimate of drug-likeness (QED) is 0.910. The fraction of sp³-hybridized carbons (Fsp3) is 0.467. The van der Waals surface area contributed by atoms with Gasteiger partial charge in [0.15, 0.2) is 0 Å². The summed E-state index contributed by atoms with van der Waals surface area (Å²) in [4.78, 5) is 27.5. The lowest BCUT2D eigenvalue weighted by Crippen LogP contribution is -2.53. The molecule has 2 rings (SSSR count). The standard InChI is InChI=1S/C15H20N2O3/c1-3-16-7-8-17(10-11(16)2)14(18)12-5-4-6-13(9-12)15(19)20/h4-6,9,11H,3,7-8,10H2,1-2H3,(H,19,20). The number of hydrogen-bond donors (Lipinski definition) is 1. The van der Waals surface area contributed by atoms with Crippen molar-refractivity contribution in [1.29, 1.82) is 0 Å². The van der Waals surface area contributed by atoms with Crippen molar-refractivity contribution in [3.05, 3.63) is 35.4 Å². The number of rotatable bonds is 3. The number of carboxylic acids is 1. The highest BCUT2D eigenvalue weighted by atomic mass is 16.4. The highest BCUT2D eigenvalue weighted by molar-refractivity contribution is 5.97. The van der Waals surface area contributed by atoms with Crippen LogP contribution in [0.5, 0.6) is 0 Å². The number of aromatic carboxylic acids is 1. The number of piperazine rings is 1. The van der Waals surface area contributed by atoms with Gasteiger partial charge in [-0.3, -0.25) is 9.69 Å². The SMILES string of the molecule is CCN1CCN(C(=O)c2cccc(C(=O)O)c2)CC1C. The van der Waals surface area contributed by atoms with E-state index in [1.54, 1.807) is 17.0 Å². The third-order valence-corrected chi connectivity index (χ3v) is 3.81. The predicted molar refractivity (Wildman–Crippen MR) is 76.0 cm³/mol. The van der Waals surface area contributed by atoms with E-state index in [4.69, 9.17) is 5.11 Å². The molecular weight excluding hydrogens is 256 g/mol. The van der Waals surface area contributed by atoms with Crippen molar-refractivity contribution in [3.8, 4) is 0 Å². The van der Waals surface area contributed by atoms with Gasteiger partial charge in [0.25, 0.3) is 5.91 Å². The van der Waals surface area contributed by atoms with Crippen LogP contribution < -0.4 is 0 Å². The number of carbonyl (C=O) groups is 2. The largest absolute Gasteiger partial charge is 0.478 e. The first-order valence-corrected chi connectivity index (χ1v) is 6.89. The monoisotopic (exact) mass is 276 g/mol. The Hall–Kier alpha value is -1.88. The van der Waals surface area contributed by atoms with E-state index in [2.05, 4.69) is 18.7 Å². The van der Waals surface area contributed by atoms with Gasteiger partial charge in [0, 0.05) is 31.2 Å². The molecule has 0 aromatic heterocycles. The Morgan fingerprint density at radius 2 is 2.00 bits per heavy atom. The van der Waals surface area contributed by atoms with Gasteiger partial charge in [-0.2, -0.15) is 0 Å². The first-order valence-electron chi connectivity index (χ1n) is 6.89. The zero-order valence-electron chi connectivity index (χ0n) is 11.9. The third kappa shape index (κ3) is 2.99. The minimum atomic E-state index is -1.01. The Morgan fingerprint density at radius 1 is 1.30 bits per heavy atom. The number of amides is 1. The van der Waals surface area contributed by atoms with Crippen molar-refractivity contribution in [2.45, 2.75) is 19.9 Å². The Balaban J connectivity index is 2.12. The van der Waals surface area contributed by atoms with Gasteiger partial charge in [-0.05, 0) is 31.7 Å². The highest BCUT2D eigenvalue weighted by Gasteiger charge is 2.26. The molecule has 1 unspecified atom stereocenters. The molecule has 108 valence electrons. The van der Waals surface area contributed by atoms with E-state index in [1.807, 2.05) is 0 Å². The lowest BCUT2D eigenvalue weighted by Gasteiger charge is -2.39. The fourth-order valence-electron chi connectivity index (χ4n) is 2.62. The molecule has 0 bridgehead atoms. The minimum absolute atomic E-state index is 0.0873. The average molecular weight is 276 g/mol. The van der Waals surface area contributed by atoms with E-state index in [9.17, 15) is 9.59 Å². The third-order valence-electron chi connectivity index (χ3n) is 3.81. The summed E-state index contributed by atoms with van der Waals surface area (Å²) in [6.45, 7) is 7.44. The van der Waals surface area contributed by atoms with Crippen molar-refractivity contribution in [2.24, 2.45) is 0 Å². The maximum Gasteiger partial charge on any atom is 0.335 e. The normalized spacial score (nSPS) is 19.9. The molecule has 1 aromatic rings. The number of benzene rings is 1. The van der Waals surface area contributed by atoms with Crippen LogP contribution in [0.4, 0.5) is 0 Å². The summed E-state index contributed by atoms with van der Waals surface area (Å²) >= 11 is 0. The van der Waals surface area contributed by atoms with E-state index in [0.29, 0.717) is 24.7 Å². The number of nitrogens with zero attached hydrogens (tertiary/aromatic N) is 2. The molecule has 1 saturated heterocycles. The summed E-state index contributed by atoms with van der Waals surface area (Å²) in [7, 11) is 0. The van der Waals surface area contributed by atoms with Crippen LogP contribution in [0.2, 0.25) is 0 Å². The van der Waals surface area contributed by atoms with Gasteiger partial charge in [-0.25, -0.2) is 4.79 Å². The number of carboxylic acid groups (broad SMARTS) is 1. The van der Waals surface area contributed by atoms with Gasteiger partial charge >= 0.3 is 5.97 Å². The van der Waals surface area contributed by atoms with Crippen molar-refractivity contribution in [3.63, 3.8) is 0 Å². The number of carbonyl (C=O) groups excluding carboxylic acids is 1. The van der Waals surface area contributed by atoms with E-state index < -0.39 is 5.97 Å². The summed E-state index contributed by atoms with van der Waals surface area (Å²) in [5.41, 5.74) is 0.596. The van der Waals surface area contributed by atoms with Crippen molar-refractivity contribution < 1.29 is 14.7 Å². The van der Waals surface area contributed by atoms with Gasteiger partial charge in [-0.1, -0.05) is 13.0 Å². The van der Waals surface area contributed by atoms with Crippen molar-refractivity contribution >= 4 is 11.9 Å². The topological polar surface area (TPSA) is 60.9 Å². The van der Waals surface area contributed by atoms with Gasteiger partial charge < -0.3 is 10.0 Å². The summed E-state index contributed by atoms with van der Waals surface area (Å²) in [6.07, 6.45) is 0. The molecule has 1 atom stereocenters. The summed E-state index contributed by atoms with van der Waals surface area (Å²) in [6, 6.07) is 6.56. The highest BCUT2D eigenvalue weighted by Crippen LogP contribution is 2.14. The van der Waals surface area contributed by atoms with Gasteiger partial charge in [0.2, 0.25) is 0 Å². The van der Waals surface area contributed by atoms with Gasteiger partial charge in [0.05, 0.1) is 5.56 Å². The molecule has 1 fully saturated rings. The second kappa shape index (κ2) is 6.05. The predicted octanol–water partition coefficient (Wildman–Crippen LogP) is 1.55. The Labute approximate surface area is 118 Å². The van der Waals surface area contributed by atoms with Crippen LogP contribution in [0.15, 0.2) is 24.3 Å². The maximum atomic E-state index is 12.4.